The second kappa shape index (κ2) is 5.50. The van der Waals surface area contributed by atoms with Crippen LogP contribution in [0.1, 0.15) is 19.8 Å². The third-order valence-corrected chi connectivity index (χ3v) is 3.34. The van der Waals surface area contributed by atoms with Gasteiger partial charge in [-0.2, -0.15) is 11.8 Å². The lowest BCUT2D eigenvalue weighted by molar-refractivity contribution is -0.146. The molecular weight excluding hydrogens is 186 g/mol. The predicted molar refractivity (Wildman–Crippen MR) is 55.0 cm³/mol. The predicted octanol–water partition coefficient (Wildman–Crippen LogP) is 1.03. The van der Waals surface area contributed by atoms with Crippen molar-refractivity contribution in [1.82, 2.24) is 5.32 Å². The van der Waals surface area contributed by atoms with Gasteiger partial charge in [0.25, 0.3) is 0 Å². The minimum absolute atomic E-state index is 0.0663. The summed E-state index contributed by atoms with van der Waals surface area (Å²) >= 11 is 1.86. The first-order valence-electron chi connectivity index (χ1n) is 4.70. The molecule has 0 bridgehead atoms. The van der Waals surface area contributed by atoms with Crippen LogP contribution < -0.4 is 5.32 Å². The third-order valence-electron chi connectivity index (χ3n) is 2.27. The molecule has 2 atom stereocenters. The fourth-order valence-corrected chi connectivity index (χ4v) is 2.11. The van der Waals surface area contributed by atoms with Crippen molar-refractivity contribution in [3.63, 3.8) is 0 Å². The first kappa shape index (κ1) is 10.9. The van der Waals surface area contributed by atoms with Gasteiger partial charge >= 0.3 is 5.97 Å². The highest BCUT2D eigenvalue weighted by atomic mass is 32.2. The molecule has 1 aliphatic heterocycles. The molecule has 1 unspecified atom stereocenters. The van der Waals surface area contributed by atoms with Crippen LogP contribution in [0.3, 0.4) is 0 Å². The topological polar surface area (TPSA) is 38.3 Å². The molecule has 1 heterocycles. The molecule has 0 radical (unpaired) electrons. The Balaban J connectivity index is 2.28. The van der Waals surface area contributed by atoms with E-state index in [0.29, 0.717) is 11.9 Å². The van der Waals surface area contributed by atoms with Gasteiger partial charge in [0, 0.05) is 11.8 Å². The summed E-state index contributed by atoms with van der Waals surface area (Å²) in [7, 11) is 0. The number of carbonyl (C=O) groups is 1. The van der Waals surface area contributed by atoms with E-state index in [1.165, 1.54) is 0 Å². The standard InChI is InChI=1S/C9H17NO2S/c1-3-12-9(11)8-5-4-7(13-2)6-10-8/h7-8,10H,3-6H2,1-2H3/t7?,8-/m1/s1. The second-order valence-corrected chi connectivity index (χ2v) is 4.29. The molecule has 4 heteroatoms. The number of hydrogen-bond donors (Lipinski definition) is 1. The average molecular weight is 203 g/mol. The molecule has 1 rings (SSSR count). The number of ether oxygens (including phenoxy) is 1. The van der Waals surface area contributed by atoms with Crippen molar-refractivity contribution in [2.45, 2.75) is 31.1 Å². The normalized spacial score (nSPS) is 28.5. The smallest absolute Gasteiger partial charge is 0.323 e. The van der Waals surface area contributed by atoms with E-state index in [1.54, 1.807) is 0 Å². The van der Waals surface area contributed by atoms with Crippen molar-refractivity contribution in [2.24, 2.45) is 0 Å². The maximum atomic E-state index is 11.3. The van der Waals surface area contributed by atoms with Crippen LogP contribution in [0.4, 0.5) is 0 Å². The molecule has 3 nitrogen and oxygen atoms in total. The Hall–Kier alpha value is -0.220. The van der Waals surface area contributed by atoms with Gasteiger partial charge in [-0.15, -0.1) is 0 Å². The number of nitrogens with one attached hydrogen (secondary N) is 1. The van der Waals surface area contributed by atoms with Gasteiger partial charge in [0.05, 0.1) is 6.61 Å². The summed E-state index contributed by atoms with van der Waals surface area (Å²) in [5.41, 5.74) is 0. The SMILES string of the molecule is CCOC(=O)[C@H]1CCC(SC)CN1. The van der Waals surface area contributed by atoms with Gasteiger partial charge in [0.2, 0.25) is 0 Å². The lowest BCUT2D eigenvalue weighted by Crippen LogP contribution is -2.45. The zero-order valence-corrected chi connectivity index (χ0v) is 9.02. The molecule has 0 aromatic rings. The van der Waals surface area contributed by atoms with Gasteiger partial charge in [-0.25, -0.2) is 0 Å². The molecule has 1 fully saturated rings. The summed E-state index contributed by atoms with van der Waals surface area (Å²) in [5, 5.41) is 3.87. The molecule has 0 aromatic heterocycles. The monoisotopic (exact) mass is 203 g/mol. The van der Waals surface area contributed by atoms with E-state index in [2.05, 4.69) is 11.6 Å². The van der Waals surface area contributed by atoms with Crippen LogP contribution >= 0.6 is 11.8 Å². The Morgan fingerprint density at radius 2 is 2.38 bits per heavy atom. The zero-order chi connectivity index (χ0) is 9.68. The van der Waals surface area contributed by atoms with Crippen molar-refractivity contribution in [3.8, 4) is 0 Å². The molecular formula is C9H17NO2S. The van der Waals surface area contributed by atoms with Crippen molar-refractivity contribution < 1.29 is 9.53 Å². The van der Waals surface area contributed by atoms with Crippen molar-refractivity contribution in [2.75, 3.05) is 19.4 Å². The van der Waals surface area contributed by atoms with E-state index < -0.39 is 0 Å². The summed E-state index contributed by atoms with van der Waals surface area (Å²) < 4.78 is 4.94. The van der Waals surface area contributed by atoms with Crippen LogP contribution in [-0.2, 0) is 9.53 Å². The molecule has 13 heavy (non-hydrogen) atoms. The molecule has 0 amide bonds. The van der Waals surface area contributed by atoms with E-state index >= 15 is 0 Å². The lowest BCUT2D eigenvalue weighted by atomic mass is 10.1. The second-order valence-electron chi connectivity index (χ2n) is 3.15. The lowest BCUT2D eigenvalue weighted by Gasteiger charge is -2.27. The Bertz CT molecular complexity index is 167. The number of rotatable bonds is 3. The number of hydrogen-bond acceptors (Lipinski definition) is 4. The molecule has 1 N–H and O–H groups in total. The van der Waals surface area contributed by atoms with E-state index in [-0.39, 0.29) is 12.0 Å². The minimum Gasteiger partial charge on any atom is -0.465 e. The van der Waals surface area contributed by atoms with Gasteiger partial charge in [0.15, 0.2) is 0 Å². The Kier molecular flexibility index (Phi) is 4.59. The van der Waals surface area contributed by atoms with Gasteiger partial charge in [-0.3, -0.25) is 4.79 Å². The molecule has 0 aliphatic carbocycles. The van der Waals surface area contributed by atoms with E-state index in [9.17, 15) is 4.79 Å². The van der Waals surface area contributed by atoms with Gasteiger partial charge in [0.1, 0.15) is 6.04 Å². The highest BCUT2D eigenvalue weighted by molar-refractivity contribution is 7.99. The molecule has 0 spiro atoms. The highest BCUT2D eigenvalue weighted by Gasteiger charge is 2.25. The van der Waals surface area contributed by atoms with Crippen LogP contribution in [0.5, 0.6) is 0 Å². The van der Waals surface area contributed by atoms with E-state index in [0.717, 1.165) is 19.4 Å². The fraction of sp³-hybridized carbons (Fsp3) is 0.889. The van der Waals surface area contributed by atoms with Crippen molar-refractivity contribution in [3.05, 3.63) is 0 Å². The van der Waals surface area contributed by atoms with E-state index in [1.807, 2.05) is 18.7 Å². The maximum absolute atomic E-state index is 11.3. The Labute approximate surface area is 83.6 Å². The summed E-state index contributed by atoms with van der Waals surface area (Å²) in [4.78, 5) is 11.3. The molecule has 0 saturated carbocycles. The summed E-state index contributed by atoms with van der Waals surface area (Å²) in [6.45, 7) is 3.24. The van der Waals surface area contributed by atoms with Crippen molar-refractivity contribution >= 4 is 17.7 Å². The zero-order valence-electron chi connectivity index (χ0n) is 8.21. The van der Waals surface area contributed by atoms with Gasteiger partial charge < -0.3 is 10.1 Å². The molecule has 1 saturated heterocycles. The van der Waals surface area contributed by atoms with Crippen LogP contribution in [-0.4, -0.2) is 36.7 Å². The van der Waals surface area contributed by atoms with Crippen LogP contribution in [0.25, 0.3) is 0 Å². The number of piperidine rings is 1. The summed E-state index contributed by atoms with van der Waals surface area (Å²) in [6.07, 6.45) is 4.12. The van der Waals surface area contributed by atoms with Crippen LogP contribution in [0.15, 0.2) is 0 Å². The van der Waals surface area contributed by atoms with E-state index in [4.69, 9.17) is 4.74 Å². The quantitative estimate of drug-likeness (QED) is 0.695. The number of thioether (sulfide) groups is 1. The highest BCUT2D eigenvalue weighted by Crippen LogP contribution is 2.18. The average Bonchev–Trinajstić information content (AvgIpc) is 2.18. The van der Waals surface area contributed by atoms with Crippen LogP contribution in [0, 0.1) is 0 Å². The molecule has 76 valence electrons. The first-order chi connectivity index (χ1) is 6.27. The first-order valence-corrected chi connectivity index (χ1v) is 5.99. The molecule has 0 aromatic carbocycles. The maximum Gasteiger partial charge on any atom is 0.323 e. The van der Waals surface area contributed by atoms with Gasteiger partial charge in [-0.05, 0) is 26.0 Å². The Morgan fingerprint density at radius 3 is 2.85 bits per heavy atom. The molecule has 1 aliphatic rings. The fourth-order valence-electron chi connectivity index (χ4n) is 1.48. The minimum atomic E-state index is -0.0953. The number of esters is 1. The van der Waals surface area contributed by atoms with Crippen molar-refractivity contribution in [1.29, 1.82) is 0 Å². The summed E-state index contributed by atoms with van der Waals surface area (Å²) in [6, 6.07) is -0.0663. The number of carbonyl (C=O) groups excluding carboxylic acids is 1. The third kappa shape index (κ3) is 3.19. The largest absolute Gasteiger partial charge is 0.465 e. The van der Waals surface area contributed by atoms with Gasteiger partial charge in [-0.1, -0.05) is 0 Å². The van der Waals surface area contributed by atoms with Crippen LogP contribution in [0.2, 0.25) is 0 Å². The Morgan fingerprint density at radius 1 is 1.62 bits per heavy atom. The summed E-state index contributed by atoms with van der Waals surface area (Å²) in [5.74, 6) is -0.0953.